The van der Waals surface area contributed by atoms with Gasteiger partial charge in [-0.15, -0.1) is 16.4 Å². The van der Waals surface area contributed by atoms with E-state index in [1.54, 1.807) is 16.0 Å². The van der Waals surface area contributed by atoms with E-state index in [4.69, 9.17) is 4.98 Å². The molecular formula is C17H20N6OS. The van der Waals surface area contributed by atoms with Gasteiger partial charge in [0.1, 0.15) is 5.82 Å². The average molecular weight is 356 g/mol. The summed E-state index contributed by atoms with van der Waals surface area (Å²) < 4.78 is 2.89. The maximum Gasteiger partial charge on any atom is 0.224 e. The number of likely N-dealkylation sites (tertiary alicyclic amines) is 1. The highest BCUT2D eigenvalue weighted by Gasteiger charge is 2.26. The van der Waals surface area contributed by atoms with Gasteiger partial charge in [-0.1, -0.05) is 12.1 Å². The number of aromatic nitrogens is 5. The van der Waals surface area contributed by atoms with Crippen molar-refractivity contribution in [1.82, 2.24) is 30.1 Å². The summed E-state index contributed by atoms with van der Waals surface area (Å²) in [7, 11) is 0. The first kappa shape index (κ1) is 16.1. The minimum Gasteiger partial charge on any atom is -0.342 e. The molecule has 25 heavy (non-hydrogen) atoms. The molecule has 3 heterocycles. The van der Waals surface area contributed by atoms with Crippen LogP contribution in [0.25, 0.3) is 10.2 Å². The molecule has 1 aliphatic rings. The van der Waals surface area contributed by atoms with E-state index in [0.717, 1.165) is 42.3 Å². The second-order valence-corrected chi connectivity index (χ2v) is 7.46. The molecule has 0 spiro atoms. The van der Waals surface area contributed by atoms with Gasteiger partial charge in [0, 0.05) is 25.4 Å². The maximum atomic E-state index is 12.6. The topological polar surface area (TPSA) is 76.8 Å². The summed E-state index contributed by atoms with van der Waals surface area (Å²) in [4.78, 5) is 19.3. The summed E-state index contributed by atoms with van der Waals surface area (Å²) >= 11 is 1.75. The number of tetrazole rings is 1. The van der Waals surface area contributed by atoms with Gasteiger partial charge in [0.15, 0.2) is 0 Å². The predicted octanol–water partition coefficient (Wildman–Crippen LogP) is 2.39. The fourth-order valence-corrected chi connectivity index (χ4v) is 4.38. The Kier molecular flexibility index (Phi) is 4.44. The standard InChI is InChI=1S/C17H20N6OS/c1-12-19-20-21-23(12)10-8-16(24)22-9-4-5-13(11-22)17-18-14-6-2-3-7-15(14)25-17/h2-3,6-7,13H,4-5,8-11H2,1H3/t13-/m0/s1. The summed E-state index contributed by atoms with van der Waals surface area (Å²) in [6.45, 7) is 3.95. The summed E-state index contributed by atoms with van der Waals surface area (Å²) in [5, 5.41) is 12.5. The van der Waals surface area contributed by atoms with E-state index in [1.807, 2.05) is 24.0 Å². The Hall–Kier alpha value is -2.35. The lowest BCUT2D eigenvalue weighted by Gasteiger charge is -2.32. The molecule has 0 radical (unpaired) electrons. The monoisotopic (exact) mass is 356 g/mol. The molecule has 0 saturated carbocycles. The Morgan fingerprint density at radius 1 is 1.36 bits per heavy atom. The van der Waals surface area contributed by atoms with Crippen molar-refractivity contribution in [3.05, 3.63) is 35.1 Å². The Morgan fingerprint density at radius 3 is 3.04 bits per heavy atom. The molecule has 1 amide bonds. The summed E-state index contributed by atoms with van der Waals surface area (Å²) in [6.07, 6.45) is 2.55. The highest BCUT2D eigenvalue weighted by molar-refractivity contribution is 7.18. The van der Waals surface area contributed by atoms with Crippen LogP contribution in [0.1, 0.15) is 36.0 Å². The van der Waals surface area contributed by atoms with Crippen LogP contribution in [0.5, 0.6) is 0 Å². The lowest BCUT2D eigenvalue weighted by Crippen LogP contribution is -2.39. The fraction of sp³-hybridized carbons (Fsp3) is 0.471. The summed E-state index contributed by atoms with van der Waals surface area (Å²) in [5.41, 5.74) is 1.06. The molecule has 0 bridgehead atoms. The number of fused-ring (bicyclic) bond motifs is 1. The number of nitrogens with zero attached hydrogens (tertiary/aromatic N) is 6. The van der Waals surface area contributed by atoms with E-state index in [9.17, 15) is 4.79 Å². The van der Waals surface area contributed by atoms with Crippen molar-refractivity contribution in [1.29, 1.82) is 0 Å². The molecule has 8 heteroatoms. The van der Waals surface area contributed by atoms with Crippen LogP contribution in [-0.2, 0) is 11.3 Å². The molecule has 130 valence electrons. The number of thiazole rings is 1. The van der Waals surface area contributed by atoms with Crippen LogP contribution in [-0.4, -0.2) is 49.1 Å². The molecule has 1 fully saturated rings. The lowest BCUT2D eigenvalue weighted by molar-refractivity contribution is -0.132. The Balaban J connectivity index is 1.41. The van der Waals surface area contributed by atoms with Gasteiger partial charge in [-0.3, -0.25) is 4.79 Å². The van der Waals surface area contributed by atoms with Gasteiger partial charge in [0.25, 0.3) is 0 Å². The molecule has 1 saturated heterocycles. The van der Waals surface area contributed by atoms with Crippen molar-refractivity contribution in [2.75, 3.05) is 13.1 Å². The number of para-hydroxylation sites is 1. The molecule has 4 rings (SSSR count). The van der Waals surface area contributed by atoms with Crippen LogP contribution in [0.3, 0.4) is 0 Å². The van der Waals surface area contributed by atoms with Gasteiger partial charge in [-0.05, 0) is 42.3 Å². The average Bonchev–Trinajstić information content (AvgIpc) is 3.25. The van der Waals surface area contributed by atoms with Crippen LogP contribution in [0.15, 0.2) is 24.3 Å². The molecule has 1 aromatic carbocycles. The second-order valence-electron chi connectivity index (χ2n) is 6.40. The van der Waals surface area contributed by atoms with Crippen LogP contribution in [0, 0.1) is 6.92 Å². The van der Waals surface area contributed by atoms with Crippen LogP contribution in [0.2, 0.25) is 0 Å². The van der Waals surface area contributed by atoms with Crippen molar-refractivity contribution in [3.8, 4) is 0 Å². The smallest absolute Gasteiger partial charge is 0.224 e. The SMILES string of the molecule is Cc1nnnn1CCC(=O)N1CCC[C@H](c2nc3ccccc3s2)C1. The molecule has 2 aromatic heterocycles. The summed E-state index contributed by atoms with van der Waals surface area (Å²) in [6, 6.07) is 8.22. The Labute approximate surface area is 149 Å². The fourth-order valence-electron chi connectivity index (χ4n) is 3.29. The second kappa shape index (κ2) is 6.87. The van der Waals surface area contributed by atoms with Gasteiger partial charge in [0.05, 0.1) is 21.8 Å². The number of carbonyl (C=O) groups is 1. The van der Waals surface area contributed by atoms with Crippen LogP contribution < -0.4 is 0 Å². The van der Waals surface area contributed by atoms with E-state index in [1.165, 1.54) is 4.70 Å². The normalized spacial score (nSPS) is 18.0. The molecule has 0 N–H and O–H groups in total. The van der Waals surface area contributed by atoms with E-state index < -0.39 is 0 Å². The van der Waals surface area contributed by atoms with Crippen LogP contribution in [0.4, 0.5) is 0 Å². The zero-order valence-electron chi connectivity index (χ0n) is 14.1. The first-order valence-electron chi connectivity index (χ1n) is 8.57. The van der Waals surface area contributed by atoms with E-state index in [-0.39, 0.29) is 5.91 Å². The predicted molar refractivity (Wildman–Crippen MR) is 95.3 cm³/mol. The first-order chi connectivity index (χ1) is 12.2. The Morgan fingerprint density at radius 2 is 2.24 bits per heavy atom. The van der Waals surface area contributed by atoms with Gasteiger partial charge >= 0.3 is 0 Å². The number of rotatable bonds is 4. The maximum absolute atomic E-state index is 12.6. The number of carbonyl (C=O) groups excluding carboxylic acids is 1. The van der Waals surface area contributed by atoms with E-state index in [0.29, 0.717) is 18.9 Å². The van der Waals surface area contributed by atoms with Crippen molar-refractivity contribution >= 4 is 27.5 Å². The van der Waals surface area contributed by atoms with Crippen molar-refractivity contribution in [2.45, 2.75) is 38.6 Å². The number of hydrogen-bond donors (Lipinski definition) is 0. The Bertz CT molecular complexity index is 855. The zero-order chi connectivity index (χ0) is 17.2. The molecule has 7 nitrogen and oxygen atoms in total. The van der Waals surface area contributed by atoms with Crippen molar-refractivity contribution < 1.29 is 4.79 Å². The lowest BCUT2D eigenvalue weighted by atomic mass is 9.98. The highest BCUT2D eigenvalue weighted by Crippen LogP contribution is 2.33. The molecular weight excluding hydrogens is 336 g/mol. The third-order valence-electron chi connectivity index (χ3n) is 4.68. The zero-order valence-corrected chi connectivity index (χ0v) is 14.9. The molecule has 0 aliphatic carbocycles. The highest BCUT2D eigenvalue weighted by atomic mass is 32.1. The van der Waals surface area contributed by atoms with E-state index in [2.05, 4.69) is 27.7 Å². The quantitative estimate of drug-likeness (QED) is 0.717. The number of amides is 1. The van der Waals surface area contributed by atoms with Gasteiger partial charge < -0.3 is 4.90 Å². The van der Waals surface area contributed by atoms with Crippen LogP contribution >= 0.6 is 11.3 Å². The van der Waals surface area contributed by atoms with E-state index >= 15 is 0 Å². The van der Waals surface area contributed by atoms with Gasteiger partial charge in [-0.25, -0.2) is 9.67 Å². The van der Waals surface area contributed by atoms with Crippen molar-refractivity contribution in [3.63, 3.8) is 0 Å². The third kappa shape index (κ3) is 3.39. The number of benzene rings is 1. The number of aryl methyl sites for hydroxylation is 2. The first-order valence-corrected chi connectivity index (χ1v) is 9.38. The minimum atomic E-state index is 0.167. The van der Waals surface area contributed by atoms with Gasteiger partial charge in [0.2, 0.25) is 5.91 Å². The van der Waals surface area contributed by atoms with Gasteiger partial charge in [-0.2, -0.15) is 0 Å². The van der Waals surface area contributed by atoms with Crippen molar-refractivity contribution in [2.24, 2.45) is 0 Å². The molecule has 1 atom stereocenters. The minimum absolute atomic E-state index is 0.167. The third-order valence-corrected chi connectivity index (χ3v) is 5.88. The molecule has 3 aromatic rings. The summed E-state index contributed by atoms with van der Waals surface area (Å²) in [5.74, 6) is 1.24. The largest absolute Gasteiger partial charge is 0.342 e. The number of hydrogen-bond acceptors (Lipinski definition) is 6. The molecule has 1 aliphatic heterocycles. The number of piperidine rings is 1. The molecule has 0 unspecified atom stereocenters.